The number of ketones is 6. The van der Waals surface area contributed by atoms with Gasteiger partial charge in [-0.05, 0) is 0 Å². The van der Waals surface area contributed by atoms with Gasteiger partial charge in [-0.3, -0.25) is 28.8 Å². The molecule has 0 atom stereocenters. The van der Waals surface area contributed by atoms with Crippen molar-refractivity contribution >= 4 is 34.7 Å². The fraction of sp³-hybridized carbons (Fsp3) is 0.800. The van der Waals surface area contributed by atoms with Gasteiger partial charge in [0.25, 0.3) is 0 Å². The molecule has 0 rings (SSSR count). The van der Waals surface area contributed by atoms with Gasteiger partial charge in [0.1, 0.15) is 17.3 Å². The Bertz CT molecular complexity index is 1310. The Labute approximate surface area is 324 Å². The van der Waals surface area contributed by atoms with Gasteiger partial charge in [0.05, 0.1) is 19.3 Å². The van der Waals surface area contributed by atoms with Crippen molar-refractivity contribution < 1.29 is 138 Å². The van der Waals surface area contributed by atoms with E-state index in [2.05, 4.69) is 0 Å². The number of halogens is 21. The first-order valence-corrected chi connectivity index (χ1v) is 14.8. The van der Waals surface area contributed by atoms with Crippen LogP contribution in [0.1, 0.15) is 81.6 Å². The number of carbonyl (C=O) groups is 6. The smallest absolute Gasteiger partial charge is 0.299 e. The maximum absolute atomic E-state index is 12.9. The molecule has 6 nitrogen and oxygen atoms in total. The quantitative estimate of drug-likeness (QED) is 0.143. The van der Waals surface area contributed by atoms with Crippen LogP contribution in [0.5, 0.6) is 0 Å². The summed E-state index contributed by atoms with van der Waals surface area (Å²) in [5.41, 5.74) is -3.92. The van der Waals surface area contributed by atoms with E-state index in [-0.39, 0.29) is 16.8 Å². The van der Waals surface area contributed by atoms with Crippen molar-refractivity contribution in [3.8, 4) is 0 Å². The Morgan fingerprint density at radius 2 is 0.397 bits per heavy atom. The van der Waals surface area contributed by atoms with Crippen LogP contribution in [0.2, 0.25) is 0 Å². The van der Waals surface area contributed by atoms with Gasteiger partial charge in [-0.2, -0.15) is 92.2 Å². The Hall–Kier alpha value is -2.94. The minimum Gasteiger partial charge on any atom is -0.299 e. The van der Waals surface area contributed by atoms with E-state index in [1.54, 1.807) is 0 Å². The Balaban J connectivity index is -0.000000374. The van der Waals surface area contributed by atoms with E-state index in [0.29, 0.717) is 0 Å². The molecule has 0 aromatic carbocycles. The molecule has 0 fully saturated rings. The van der Waals surface area contributed by atoms with Crippen LogP contribution in [-0.4, -0.2) is 88.8 Å². The zero-order valence-electron chi connectivity index (χ0n) is 30.8. The number of hydrogen-bond donors (Lipinski definition) is 0. The minimum absolute atomic E-state index is 0. The molecule has 0 aliphatic carbocycles. The second-order valence-electron chi connectivity index (χ2n) is 14.8. The molecule has 0 unspecified atom stereocenters. The maximum atomic E-state index is 12.9. The van der Waals surface area contributed by atoms with Gasteiger partial charge in [-0.1, -0.05) is 62.3 Å². The van der Waals surface area contributed by atoms with Gasteiger partial charge in [-0.25, -0.2) is 0 Å². The third-order valence-corrected chi connectivity index (χ3v) is 6.77. The summed E-state index contributed by atoms with van der Waals surface area (Å²) in [6.07, 6.45) is -24.8. The predicted molar refractivity (Wildman–Crippen MR) is 150 cm³/mol. The molecular formula is C30H33CoF21O6. The largest absolute Gasteiger partial charge is 0.460 e. The fourth-order valence-corrected chi connectivity index (χ4v) is 2.63. The second kappa shape index (κ2) is 18.8. The van der Waals surface area contributed by atoms with Gasteiger partial charge in [0.15, 0.2) is 0 Å². The standard InChI is InChI=1S/3C10H11F7O2.Co/c3*1-7(2,3)5(18)4-6(19)8(11,12)9(13,14)10(15,16)17;/h3*4H2,1-3H3;. The summed E-state index contributed by atoms with van der Waals surface area (Å²) in [7, 11) is 0. The Morgan fingerprint density at radius 1 is 0.276 bits per heavy atom. The summed E-state index contributed by atoms with van der Waals surface area (Å²) in [6, 6.07) is 0. The zero-order chi connectivity index (χ0) is 47.6. The number of hydrogen-bond acceptors (Lipinski definition) is 6. The summed E-state index contributed by atoms with van der Waals surface area (Å²) in [4.78, 5) is 66.2. The number of carbonyl (C=O) groups excluding carboxylic acids is 6. The summed E-state index contributed by atoms with van der Waals surface area (Å²) in [5, 5.41) is 0. The molecule has 0 spiro atoms. The van der Waals surface area contributed by atoms with E-state index in [9.17, 15) is 121 Å². The van der Waals surface area contributed by atoms with Gasteiger partial charge >= 0.3 is 54.1 Å². The molecule has 0 aliphatic heterocycles. The SMILES string of the molecule is CC(C)(C)C(=O)CC(=O)C(F)(F)C(F)(F)C(F)(F)F.CC(C)(C)C(=O)CC(=O)C(F)(F)C(F)(F)C(F)(F)F.CC(C)(C)C(=O)CC(=O)C(F)(F)C(F)(F)C(F)(F)F.[Co]. The van der Waals surface area contributed by atoms with Crippen molar-refractivity contribution in [2.45, 2.75) is 136 Å². The molecule has 0 saturated carbocycles. The molecule has 0 heterocycles. The van der Waals surface area contributed by atoms with E-state index < -0.39 is 124 Å². The van der Waals surface area contributed by atoms with Crippen LogP contribution in [0.15, 0.2) is 0 Å². The summed E-state index contributed by atoms with van der Waals surface area (Å²) in [5.74, 6) is -49.2. The van der Waals surface area contributed by atoms with Gasteiger partial charge < -0.3 is 0 Å². The van der Waals surface area contributed by atoms with Crippen LogP contribution < -0.4 is 0 Å². The topological polar surface area (TPSA) is 102 Å². The van der Waals surface area contributed by atoms with E-state index in [1.165, 1.54) is 62.3 Å². The molecule has 0 aromatic heterocycles. The predicted octanol–water partition coefficient (Wildman–Crippen LogP) is 10.2. The van der Waals surface area contributed by atoms with Gasteiger partial charge in [-0.15, -0.1) is 0 Å². The van der Waals surface area contributed by atoms with Crippen LogP contribution in [0.25, 0.3) is 0 Å². The summed E-state index contributed by atoms with van der Waals surface area (Å²) < 4.78 is 258. The number of Topliss-reactive ketones (excluding diaryl/α,β-unsaturated/α-hetero) is 6. The molecule has 0 amide bonds. The van der Waals surface area contributed by atoms with Crippen LogP contribution in [0.3, 0.4) is 0 Å². The van der Waals surface area contributed by atoms with Gasteiger partial charge in [0, 0.05) is 33.0 Å². The van der Waals surface area contributed by atoms with Crippen molar-refractivity contribution in [1.29, 1.82) is 0 Å². The first-order chi connectivity index (χ1) is 24.1. The van der Waals surface area contributed by atoms with Crippen molar-refractivity contribution in [2.24, 2.45) is 16.2 Å². The molecule has 0 saturated heterocycles. The molecule has 0 bridgehead atoms. The average molecular weight is 947 g/mol. The molecule has 345 valence electrons. The van der Waals surface area contributed by atoms with E-state index in [0.717, 1.165) is 0 Å². The van der Waals surface area contributed by atoms with E-state index in [1.807, 2.05) is 0 Å². The normalized spacial score (nSPS) is 14.2. The number of rotatable bonds is 12. The number of alkyl halides is 21. The fourth-order valence-electron chi connectivity index (χ4n) is 2.63. The van der Waals surface area contributed by atoms with E-state index >= 15 is 0 Å². The molecule has 0 aromatic rings. The molecule has 58 heavy (non-hydrogen) atoms. The third-order valence-electron chi connectivity index (χ3n) is 6.77. The first kappa shape index (κ1) is 61.7. The minimum atomic E-state index is -6.59. The average Bonchev–Trinajstić information content (AvgIpc) is 2.93. The molecule has 0 aliphatic rings. The van der Waals surface area contributed by atoms with Crippen molar-refractivity contribution in [3.05, 3.63) is 0 Å². The van der Waals surface area contributed by atoms with Gasteiger partial charge in [0.2, 0.25) is 17.3 Å². The Kier molecular flexibility index (Phi) is 20.0. The molecule has 0 N–H and O–H groups in total. The first-order valence-electron chi connectivity index (χ1n) is 14.8. The van der Waals surface area contributed by atoms with E-state index in [4.69, 9.17) is 0 Å². The summed E-state index contributed by atoms with van der Waals surface area (Å²) in [6.45, 7) is 10.9. The van der Waals surface area contributed by atoms with Crippen LogP contribution in [0, 0.1) is 16.2 Å². The van der Waals surface area contributed by atoms with Crippen molar-refractivity contribution in [2.75, 3.05) is 0 Å². The molecule has 28 heteroatoms. The van der Waals surface area contributed by atoms with Crippen molar-refractivity contribution in [3.63, 3.8) is 0 Å². The monoisotopic (exact) mass is 947 g/mol. The maximum Gasteiger partial charge on any atom is 0.460 e. The molecular weight excluding hydrogens is 914 g/mol. The second-order valence-corrected chi connectivity index (χ2v) is 14.8. The third kappa shape index (κ3) is 14.7. The summed E-state index contributed by atoms with van der Waals surface area (Å²) >= 11 is 0. The Morgan fingerprint density at radius 3 is 0.483 bits per heavy atom. The zero-order valence-corrected chi connectivity index (χ0v) is 31.9. The van der Waals surface area contributed by atoms with Crippen LogP contribution >= 0.6 is 0 Å². The van der Waals surface area contributed by atoms with Crippen molar-refractivity contribution in [1.82, 2.24) is 0 Å². The van der Waals surface area contributed by atoms with Crippen LogP contribution in [0.4, 0.5) is 92.2 Å². The van der Waals surface area contributed by atoms with Crippen LogP contribution in [-0.2, 0) is 45.5 Å². The molecule has 1 radical (unpaired) electrons.